The largest absolute Gasteiger partial charge is 0.347 e. The summed E-state index contributed by atoms with van der Waals surface area (Å²) in [5.74, 6) is -0.291. The highest BCUT2D eigenvalue weighted by atomic mass is 32.2. The Bertz CT molecular complexity index is 816. The van der Waals surface area contributed by atoms with Gasteiger partial charge in [0.25, 0.3) is 5.91 Å². The number of hydrogen-bond acceptors (Lipinski definition) is 6. The number of thiazole rings is 1. The fourth-order valence-corrected chi connectivity index (χ4v) is 3.53. The van der Waals surface area contributed by atoms with E-state index in [0.717, 1.165) is 29.8 Å². The molecule has 136 valence electrons. The van der Waals surface area contributed by atoms with Crippen LogP contribution in [0.1, 0.15) is 53.3 Å². The molecule has 0 aliphatic rings. The highest BCUT2D eigenvalue weighted by Gasteiger charge is 2.15. The first-order valence-corrected chi connectivity index (χ1v) is 10.3. The van der Waals surface area contributed by atoms with Crippen LogP contribution in [0, 0.1) is 0 Å². The van der Waals surface area contributed by atoms with E-state index >= 15 is 0 Å². The zero-order chi connectivity index (χ0) is 18.4. The van der Waals surface area contributed by atoms with Crippen LogP contribution in [-0.2, 0) is 16.6 Å². The van der Waals surface area contributed by atoms with Crippen molar-refractivity contribution in [3.05, 3.63) is 45.9 Å². The molecule has 9 heteroatoms. The fourth-order valence-electron chi connectivity index (χ4n) is 2.18. The number of hydrogen-bond donors (Lipinski definition) is 3. The van der Waals surface area contributed by atoms with E-state index in [1.807, 2.05) is 0 Å². The zero-order valence-electron chi connectivity index (χ0n) is 13.9. The van der Waals surface area contributed by atoms with Crippen molar-refractivity contribution in [1.29, 1.82) is 0 Å². The van der Waals surface area contributed by atoms with Crippen LogP contribution in [0.2, 0.25) is 0 Å². The Morgan fingerprint density at radius 3 is 2.60 bits per heavy atom. The fraction of sp³-hybridized carbons (Fsp3) is 0.375. The molecule has 0 radical (unpaired) electrons. The van der Waals surface area contributed by atoms with Gasteiger partial charge in [-0.25, -0.2) is 18.5 Å². The summed E-state index contributed by atoms with van der Waals surface area (Å²) in [7, 11) is -3.71. The molecule has 0 spiro atoms. The molecule has 1 amide bonds. The molecular weight excluding hydrogens is 360 g/mol. The van der Waals surface area contributed by atoms with Crippen LogP contribution in [0.5, 0.6) is 0 Å². The summed E-state index contributed by atoms with van der Waals surface area (Å²) in [6, 6.07) is 5.88. The van der Waals surface area contributed by atoms with Crippen LogP contribution in [0.3, 0.4) is 0 Å². The number of carbonyl (C=O) groups is 1. The number of carbonyl (C=O) groups excluding carboxylic acids is 1. The number of amides is 1. The van der Waals surface area contributed by atoms with Crippen LogP contribution in [0.25, 0.3) is 0 Å². The van der Waals surface area contributed by atoms with Crippen molar-refractivity contribution in [2.45, 2.75) is 43.7 Å². The van der Waals surface area contributed by atoms with E-state index in [0.29, 0.717) is 5.69 Å². The maximum Gasteiger partial charge on any atom is 0.271 e. The lowest BCUT2D eigenvalue weighted by Gasteiger charge is -2.07. The first-order chi connectivity index (χ1) is 11.8. The summed E-state index contributed by atoms with van der Waals surface area (Å²) in [6.07, 6.45) is 2.94. The molecular formula is C16H22N4O3S2. The third-order valence-electron chi connectivity index (χ3n) is 3.65. The lowest BCUT2D eigenvalue weighted by Crippen LogP contribution is -2.23. The van der Waals surface area contributed by atoms with E-state index in [1.165, 1.54) is 23.5 Å². The first kappa shape index (κ1) is 19.5. The minimum absolute atomic E-state index is 0.0350. The van der Waals surface area contributed by atoms with Crippen LogP contribution < -0.4 is 16.2 Å². The average Bonchev–Trinajstić information content (AvgIpc) is 3.07. The molecule has 0 bridgehead atoms. The molecule has 0 aliphatic heterocycles. The van der Waals surface area contributed by atoms with E-state index in [9.17, 15) is 13.2 Å². The van der Waals surface area contributed by atoms with Gasteiger partial charge in [0.15, 0.2) is 0 Å². The van der Waals surface area contributed by atoms with Crippen molar-refractivity contribution in [1.82, 2.24) is 10.3 Å². The molecule has 1 aromatic carbocycles. The number of unbranched alkanes of at least 4 members (excludes halogenated alkanes) is 1. The SMILES string of the molecule is CCCCC(N)c1nc(C(=O)NCc2ccc(S(N)(=O)=O)cc2)cs1. The van der Waals surface area contributed by atoms with Crippen molar-refractivity contribution in [3.63, 3.8) is 0 Å². The summed E-state index contributed by atoms with van der Waals surface area (Å²) >= 11 is 1.39. The molecule has 2 aromatic rings. The van der Waals surface area contributed by atoms with Crippen LogP contribution >= 0.6 is 11.3 Å². The van der Waals surface area contributed by atoms with Crippen molar-refractivity contribution in [3.8, 4) is 0 Å². The average molecular weight is 383 g/mol. The third kappa shape index (κ3) is 5.60. The topological polar surface area (TPSA) is 128 Å². The van der Waals surface area contributed by atoms with Crippen molar-refractivity contribution < 1.29 is 13.2 Å². The molecule has 1 aromatic heterocycles. The molecule has 1 unspecified atom stereocenters. The smallest absolute Gasteiger partial charge is 0.271 e. The zero-order valence-corrected chi connectivity index (χ0v) is 15.6. The van der Waals surface area contributed by atoms with Gasteiger partial charge < -0.3 is 11.1 Å². The Hall–Kier alpha value is -1.81. The second-order valence-corrected chi connectivity index (χ2v) is 8.14. The van der Waals surface area contributed by atoms with Crippen molar-refractivity contribution >= 4 is 27.3 Å². The number of rotatable bonds is 8. The van der Waals surface area contributed by atoms with Crippen LogP contribution in [-0.4, -0.2) is 19.3 Å². The highest BCUT2D eigenvalue weighted by molar-refractivity contribution is 7.89. The molecule has 2 rings (SSSR count). The van der Waals surface area contributed by atoms with Gasteiger partial charge in [0.1, 0.15) is 10.7 Å². The normalized spacial score (nSPS) is 12.8. The molecule has 0 aliphatic carbocycles. The molecule has 5 N–H and O–H groups in total. The molecule has 0 fully saturated rings. The third-order valence-corrected chi connectivity index (χ3v) is 5.55. The van der Waals surface area contributed by atoms with Crippen LogP contribution in [0.4, 0.5) is 0 Å². The summed E-state index contributed by atoms with van der Waals surface area (Å²) in [5.41, 5.74) is 7.17. The lowest BCUT2D eigenvalue weighted by molar-refractivity contribution is 0.0946. The molecule has 1 heterocycles. The van der Waals surface area contributed by atoms with Gasteiger partial charge in [-0.15, -0.1) is 11.3 Å². The predicted octanol–water partition coefficient (Wildman–Crippen LogP) is 1.91. The highest BCUT2D eigenvalue weighted by Crippen LogP contribution is 2.21. The van der Waals surface area contributed by atoms with Gasteiger partial charge >= 0.3 is 0 Å². The van der Waals surface area contributed by atoms with E-state index in [4.69, 9.17) is 10.9 Å². The summed E-state index contributed by atoms with van der Waals surface area (Å²) in [6.45, 7) is 2.36. The standard InChI is InChI=1S/C16H22N4O3S2/c1-2-3-4-13(17)16-20-14(10-24-16)15(21)19-9-11-5-7-12(8-6-11)25(18,22)23/h5-8,10,13H,2-4,9,17H2,1H3,(H,19,21)(H2,18,22,23). The maximum atomic E-state index is 12.2. The van der Waals surface area contributed by atoms with Gasteiger partial charge in [0, 0.05) is 11.9 Å². The van der Waals surface area contributed by atoms with E-state index in [-0.39, 0.29) is 23.4 Å². The minimum atomic E-state index is -3.71. The second kappa shape index (κ2) is 8.52. The summed E-state index contributed by atoms with van der Waals surface area (Å²) < 4.78 is 22.4. The van der Waals surface area contributed by atoms with Gasteiger partial charge in [-0.3, -0.25) is 4.79 Å². The molecule has 7 nitrogen and oxygen atoms in total. The molecule has 1 atom stereocenters. The maximum absolute atomic E-state index is 12.2. The summed E-state index contributed by atoms with van der Waals surface area (Å²) in [5, 5.41) is 10.3. The predicted molar refractivity (Wildman–Crippen MR) is 97.6 cm³/mol. The quantitative estimate of drug-likeness (QED) is 0.642. The van der Waals surface area contributed by atoms with Crippen LogP contribution in [0.15, 0.2) is 34.5 Å². The van der Waals surface area contributed by atoms with Gasteiger partial charge in [0.05, 0.1) is 10.9 Å². The molecule has 0 saturated carbocycles. The van der Waals surface area contributed by atoms with E-state index < -0.39 is 10.0 Å². The number of nitrogens with two attached hydrogens (primary N) is 2. The van der Waals surface area contributed by atoms with E-state index in [2.05, 4.69) is 17.2 Å². The first-order valence-electron chi connectivity index (χ1n) is 7.92. The number of primary sulfonamides is 1. The van der Waals surface area contributed by atoms with Gasteiger partial charge in [0.2, 0.25) is 10.0 Å². The Morgan fingerprint density at radius 1 is 1.32 bits per heavy atom. The number of nitrogens with one attached hydrogen (secondary N) is 1. The summed E-state index contributed by atoms with van der Waals surface area (Å²) in [4.78, 5) is 16.5. The second-order valence-electron chi connectivity index (χ2n) is 5.69. The lowest BCUT2D eigenvalue weighted by atomic mass is 10.1. The van der Waals surface area contributed by atoms with Gasteiger partial charge in [-0.2, -0.15) is 0 Å². The number of nitrogens with zero attached hydrogens (tertiary/aromatic N) is 1. The Labute approximate surface area is 151 Å². The number of sulfonamides is 1. The Balaban J connectivity index is 1.93. The Morgan fingerprint density at radius 2 is 2.00 bits per heavy atom. The van der Waals surface area contributed by atoms with E-state index in [1.54, 1.807) is 17.5 Å². The van der Waals surface area contributed by atoms with Gasteiger partial charge in [-0.05, 0) is 24.1 Å². The Kier molecular flexibility index (Phi) is 6.65. The molecule has 25 heavy (non-hydrogen) atoms. The van der Waals surface area contributed by atoms with Crippen molar-refractivity contribution in [2.75, 3.05) is 0 Å². The number of aromatic nitrogens is 1. The van der Waals surface area contributed by atoms with Gasteiger partial charge in [-0.1, -0.05) is 31.9 Å². The minimum Gasteiger partial charge on any atom is -0.347 e. The monoisotopic (exact) mass is 382 g/mol. The van der Waals surface area contributed by atoms with Crippen molar-refractivity contribution in [2.24, 2.45) is 10.9 Å². The molecule has 0 saturated heterocycles. The number of benzene rings is 1.